The Morgan fingerprint density at radius 1 is 0.857 bits per heavy atom. The number of esters is 1. The minimum atomic E-state index is -4.77. The van der Waals surface area contributed by atoms with Gasteiger partial charge in [-0.15, -0.1) is 13.2 Å². The molecule has 0 aromatic heterocycles. The molecule has 184 valence electrons. The highest BCUT2D eigenvalue weighted by molar-refractivity contribution is 7.99. The van der Waals surface area contributed by atoms with E-state index in [-0.39, 0.29) is 23.3 Å². The maximum Gasteiger partial charge on any atom is 0.573 e. The van der Waals surface area contributed by atoms with Crippen molar-refractivity contribution < 1.29 is 32.2 Å². The summed E-state index contributed by atoms with van der Waals surface area (Å²) in [5.41, 5.74) is 2.61. The smallest absolute Gasteiger partial charge is 0.460 e. The summed E-state index contributed by atoms with van der Waals surface area (Å²) >= 11 is 1.32. The van der Waals surface area contributed by atoms with Gasteiger partial charge in [0.05, 0.1) is 6.61 Å². The summed E-state index contributed by atoms with van der Waals surface area (Å²) < 4.78 is 46.2. The SMILES string of the molecule is CCOC(=O)C(=O)c1ccc(-c2ccc(OC(F)(F)F)cc2)cc1Sc1ccc(C(C)(C)C)cc1. The summed E-state index contributed by atoms with van der Waals surface area (Å²) in [5, 5.41) is 0. The molecule has 0 N–H and O–H groups in total. The van der Waals surface area contributed by atoms with Gasteiger partial charge in [0.2, 0.25) is 0 Å². The molecule has 0 aliphatic rings. The van der Waals surface area contributed by atoms with E-state index < -0.39 is 18.1 Å². The first-order valence-electron chi connectivity index (χ1n) is 10.9. The molecule has 3 rings (SSSR count). The highest BCUT2D eigenvalue weighted by Gasteiger charge is 2.31. The molecular weight excluding hydrogens is 477 g/mol. The molecular formula is C27H25F3O4S. The van der Waals surface area contributed by atoms with Gasteiger partial charge in [0.25, 0.3) is 5.78 Å². The monoisotopic (exact) mass is 502 g/mol. The second kappa shape index (κ2) is 10.6. The maximum absolute atomic E-state index is 12.7. The summed E-state index contributed by atoms with van der Waals surface area (Å²) in [7, 11) is 0. The number of hydrogen-bond donors (Lipinski definition) is 0. The average molecular weight is 503 g/mol. The Hall–Kier alpha value is -3.26. The average Bonchev–Trinajstić information content (AvgIpc) is 2.78. The molecule has 0 amide bonds. The third kappa shape index (κ3) is 7.11. The van der Waals surface area contributed by atoms with Crippen LogP contribution in [0.4, 0.5) is 13.2 Å². The zero-order chi connectivity index (χ0) is 25.8. The van der Waals surface area contributed by atoms with Crippen LogP contribution in [0.5, 0.6) is 5.75 Å². The fourth-order valence-electron chi connectivity index (χ4n) is 3.28. The van der Waals surface area contributed by atoms with Crippen LogP contribution in [0.25, 0.3) is 11.1 Å². The minimum Gasteiger partial charge on any atom is -0.460 e. The van der Waals surface area contributed by atoms with Crippen molar-refractivity contribution in [1.82, 2.24) is 0 Å². The highest BCUT2D eigenvalue weighted by atomic mass is 32.2. The van der Waals surface area contributed by atoms with Crippen LogP contribution >= 0.6 is 11.8 Å². The van der Waals surface area contributed by atoms with Gasteiger partial charge in [-0.1, -0.05) is 62.9 Å². The topological polar surface area (TPSA) is 52.6 Å². The predicted molar refractivity (Wildman–Crippen MR) is 129 cm³/mol. The molecule has 8 heteroatoms. The van der Waals surface area contributed by atoms with Crippen LogP contribution in [0.1, 0.15) is 43.6 Å². The first kappa shape index (κ1) is 26.3. The molecule has 0 radical (unpaired) electrons. The lowest BCUT2D eigenvalue weighted by atomic mass is 9.87. The molecule has 35 heavy (non-hydrogen) atoms. The summed E-state index contributed by atoms with van der Waals surface area (Å²) in [6.07, 6.45) is -4.77. The van der Waals surface area contributed by atoms with E-state index in [1.165, 1.54) is 42.1 Å². The number of rotatable bonds is 7. The van der Waals surface area contributed by atoms with E-state index in [9.17, 15) is 22.8 Å². The number of benzene rings is 3. The quantitative estimate of drug-likeness (QED) is 0.191. The van der Waals surface area contributed by atoms with Crippen LogP contribution in [0.3, 0.4) is 0 Å². The number of halogens is 3. The number of ketones is 1. The van der Waals surface area contributed by atoms with Crippen LogP contribution in [0, 0.1) is 0 Å². The number of carbonyl (C=O) groups is 2. The van der Waals surface area contributed by atoms with Gasteiger partial charge in [-0.2, -0.15) is 0 Å². The molecule has 0 atom stereocenters. The van der Waals surface area contributed by atoms with Gasteiger partial charge in [0.15, 0.2) is 0 Å². The molecule has 4 nitrogen and oxygen atoms in total. The molecule has 0 fully saturated rings. The lowest BCUT2D eigenvalue weighted by Crippen LogP contribution is -2.18. The Kier molecular flexibility index (Phi) is 7.95. The largest absolute Gasteiger partial charge is 0.573 e. The van der Waals surface area contributed by atoms with Gasteiger partial charge in [-0.25, -0.2) is 4.79 Å². The van der Waals surface area contributed by atoms with Crippen molar-refractivity contribution in [1.29, 1.82) is 0 Å². The molecule has 3 aromatic rings. The summed E-state index contributed by atoms with van der Waals surface area (Å²) in [5.74, 6) is -2.04. The summed E-state index contributed by atoms with van der Waals surface area (Å²) in [6.45, 7) is 8.03. The molecule has 3 aromatic carbocycles. The van der Waals surface area contributed by atoms with E-state index in [1.54, 1.807) is 19.1 Å². The number of alkyl halides is 3. The van der Waals surface area contributed by atoms with E-state index >= 15 is 0 Å². The summed E-state index contributed by atoms with van der Waals surface area (Å²) in [4.78, 5) is 26.3. The Balaban J connectivity index is 1.97. The number of ether oxygens (including phenoxy) is 2. The standard InChI is InChI=1S/C27H25F3O4S/c1-5-33-25(32)24(31)22-15-8-18(17-6-11-20(12-7-17)34-27(28,29)30)16-23(22)35-21-13-9-19(10-14-21)26(2,3)4/h6-16H,5H2,1-4H3. The second-order valence-electron chi connectivity index (χ2n) is 8.71. The van der Waals surface area contributed by atoms with Crippen molar-refractivity contribution in [2.45, 2.75) is 49.3 Å². The molecule has 0 heterocycles. The summed E-state index contributed by atoms with van der Waals surface area (Å²) in [6, 6.07) is 18.2. The van der Waals surface area contributed by atoms with Gasteiger partial charge in [-0.3, -0.25) is 4.79 Å². The molecule has 0 aliphatic heterocycles. The third-order valence-corrected chi connectivity index (χ3v) is 6.12. The number of carbonyl (C=O) groups excluding carboxylic acids is 2. The van der Waals surface area contributed by atoms with Crippen molar-refractivity contribution in [2.75, 3.05) is 6.61 Å². The molecule has 0 saturated heterocycles. The lowest BCUT2D eigenvalue weighted by Gasteiger charge is -2.19. The van der Waals surface area contributed by atoms with Gasteiger partial charge in [-0.05, 0) is 65.4 Å². The van der Waals surface area contributed by atoms with Crippen LogP contribution < -0.4 is 4.74 Å². The van der Waals surface area contributed by atoms with Crippen molar-refractivity contribution in [2.24, 2.45) is 0 Å². The van der Waals surface area contributed by atoms with E-state index in [1.807, 2.05) is 24.3 Å². The molecule has 0 bridgehead atoms. The number of hydrogen-bond acceptors (Lipinski definition) is 5. The fraction of sp³-hybridized carbons (Fsp3) is 0.259. The normalized spacial score (nSPS) is 11.7. The van der Waals surface area contributed by atoms with Crippen LogP contribution in [0.2, 0.25) is 0 Å². The maximum atomic E-state index is 12.7. The van der Waals surface area contributed by atoms with Crippen molar-refractivity contribution >= 4 is 23.5 Å². The minimum absolute atomic E-state index is 0.0177. The van der Waals surface area contributed by atoms with E-state index in [4.69, 9.17) is 4.74 Å². The van der Waals surface area contributed by atoms with E-state index in [0.29, 0.717) is 16.0 Å². The van der Waals surface area contributed by atoms with Crippen LogP contribution in [-0.2, 0) is 14.9 Å². The molecule has 0 aliphatic carbocycles. The predicted octanol–water partition coefficient (Wildman–Crippen LogP) is 7.45. The fourth-order valence-corrected chi connectivity index (χ4v) is 4.26. The van der Waals surface area contributed by atoms with Crippen molar-refractivity contribution in [3.05, 3.63) is 77.9 Å². The Bertz CT molecular complexity index is 1200. The molecule has 0 unspecified atom stereocenters. The Morgan fingerprint density at radius 2 is 1.46 bits per heavy atom. The van der Waals surface area contributed by atoms with Crippen molar-refractivity contribution in [3.8, 4) is 16.9 Å². The second-order valence-corrected chi connectivity index (χ2v) is 9.82. The van der Waals surface area contributed by atoms with Gasteiger partial charge in [0.1, 0.15) is 5.75 Å². The van der Waals surface area contributed by atoms with Gasteiger partial charge in [0, 0.05) is 15.4 Å². The van der Waals surface area contributed by atoms with Gasteiger partial charge < -0.3 is 9.47 Å². The van der Waals surface area contributed by atoms with E-state index in [2.05, 4.69) is 25.5 Å². The van der Waals surface area contributed by atoms with E-state index in [0.717, 1.165) is 10.5 Å². The number of Topliss-reactive ketones (excluding diaryl/α,β-unsaturated/α-hetero) is 1. The highest BCUT2D eigenvalue weighted by Crippen LogP contribution is 2.36. The Labute approximate surface area is 206 Å². The first-order chi connectivity index (χ1) is 16.4. The zero-order valence-corrected chi connectivity index (χ0v) is 20.5. The zero-order valence-electron chi connectivity index (χ0n) is 19.7. The third-order valence-electron chi connectivity index (χ3n) is 5.06. The van der Waals surface area contributed by atoms with Crippen molar-refractivity contribution in [3.63, 3.8) is 0 Å². The van der Waals surface area contributed by atoms with Crippen LogP contribution in [0.15, 0.2) is 76.5 Å². The van der Waals surface area contributed by atoms with Gasteiger partial charge >= 0.3 is 12.3 Å². The lowest BCUT2D eigenvalue weighted by molar-refractivity contribution is -0.274. The first-order valence-corrected chi connectivity index (χ1v) is 11.7. The van der Waals surface area contributed by atoms with Crippen LogP contribution in [-0.4, -0.2) is 24.7 Å². The Morgan fingerprint density at radius 3 is 2.00 bits per heavy atom. The molecule has 0 saturated carbocycles. The molecule has 0 spiro atoms.